The molecule has 8 heteroatoms. The molecule has 1 atom stereocenters. The molecule has 1 aromatic rings. The first-order valence-electron chi connectivity index (χ1n) is 7.94. The van der Waals surface area contributed by atoms with Gasteiger partial charge in [0.05, 0.1) is 6.20 Å². The van der Waals surface area contributed by atoms with Gasteiger partial charge in [-0.05, 0) is 31.9 Å². The molecule has 128 valence electrons. The van der Waals surface area contributed by atoms with E-state index in [2.05, 4.69) is 21.7 Å². The third kappa shape index (κ3) is 3.81. The smallest absolute Gasteiger partial charge is 0.333 e. The molecule has 0 N–H and O–H groups in total. The van der Waals surface area contributed by atoms with Crippen molar-refractivity contribution in [2.45, 2.75) is 36.7 Å². The summed E-state index contributed by atoms with van der Waals surface area (Å²) in [4.78, 5) is 8.38. The lowest BCUT2D eigenvalue weighted by Crippen LogP contribution is -2.56. The third-order valence-electron chi connectivity index (χ3n) is 4.66. The van der Waals surface area contributed by atoms with Gasteiger partial charge < -0.3 is 9.64 Å². The molecule has 2 saturated heterocycles. The zero-order chi connectivity index (χ0) is 16.4. The highest BCUT2D eigenvalue weighted by molar-refractivity contribution is 7.86. The lowest BCUT2D eigenvalue weighted by atomic mass is 10.0. The maximum absolute atomic E-state index is 12.9. The Morgan fingerprint density at radius 3 is 2.57 bits per heavy atom. The summed E-state index contributed by atoms with van der Waals surface area (Å²) in [6.45, 7) is 6.51. The van der Waals surface area contributed by atoms with E-state index >= 15 is 0 Å². The summed E-state index contributed by atoms with van der Waals surface area (Å²) in [6.07, 6.45) is 3.24. The minimum Gasteiger partial charge on any atom is -0.381 e. The van der Waals surface area contributed by atoms with Gasteiger partial charge in [-0.1, -0.05) is 0 Å². The van der Waals surface area contributed by atoms with E-state index in [0.717, 1.165) is 51.9 Å². The summed E-state index contributed by atoms with van der Waals surface area (Å²) < 4.78 is 40.1. The minimum atomic E-state index is -4.69. The molecule has 0 spiro atoms. The second-order valence-electron chi connectivity index (χ2n) is 6.17. The van der Waals surface area contributed by atoms with Crippen LogP contribution in [-0.4, -0.2) is 63.2 Å². The molecule has 2 fully saturated rings. The number of rotatable bonds is 3. The standard InChI is InChI=1S/C15H22FN3O3S/c1-12-11-18(13-4-8-22-9-5-13)6-7-19(12)15-3-2-14(10-17-15)23(16,20)21/h2-3,10,12-13H,4-9,11H2,1H3/t12-/m0/s1. The van der Waals surface area contributed by atoms with Crippen LogP contribution in [0.5, 0.6) is 0 Å². The largest absolute Gasteiger partial charge is 0.381 e. The summed E-state index contributed by atoms with van der Waals surface area (Å²) in [6, 6.07) is 3.70. The Hall–Kier alpha value is -1.25. The Bertz CT molecular complexity index is 632. The van der Waals surface area contributed by atoms with E-state index in [9.17, 15) is 12.3 Å². The number of aromatic nitrogens is 1. The first kappa shape index (κ1) is 16.6. The van der Waals surface area contributed by atoms with Gasteiger partial charge in [-0.2, -0.15) is 8.42 Å². The normalized spacial score (nSPS) is 24.8. The van der Waals surface area contributed by atoms with Crippen LogP contribution in [0.2, 0.25) is 0 Å². The Morgan fingerprint density at radius 2 is 2.00 bits per heavy atom. The minimum absolute atomic E-state index is 0.270. The van der Waals surface area contributed by atoms with E-state index in [-0.39, 0.29) is 6.04 Å². The van der Waals surface area contributed by atoms with Crippen LogP contribution in [0.1, 0.15) is 19.8 Å². The second-order valence-corrected chi connectivity index (χ2v) is 7.52. The maximum Gasteiger partial charge on any atom is 0.333 e. The number of nitrogens with zero attached hydrogens (tertiary/aromatic N) is 3. The SMILES string of the molecule is C[C@H]1CN(C2CCOCC2)CCN1c1ccc(S(=O)(=O)F)cn1. The molecular formula is C15H22FN3O3S. The van der Waals surface area contributed by atoms with Gasteiger partial charge in [-0.3, -0.25) is 4.90 Å². The van der Waals surface area contributed by atoms with Crippen molar-refractivity contribution >= 4 is 16.0 Å². The molecule has 0 aliphatic carbocycles. The molecule has 23 heavy (non-hydrogen) atoms. The van der Waals surface area contributed by atoms with Crippen molar-refractivity contribution in [2.24, 2.45) is 0 Å². The predicted molar refractivity (Wildman–Crippen MR) is 84.8 cm³/mol. The summed E-state index contributed by atoms with van der Waals surface area (Å²) in [7, 11) is -4.69. The van der Waals surface area contributed by atoms with Gasteiger partial charge in [0.25, 0.3) is 0 Å². The van der Waals surface area contributed by atoms with E-state index in [1.165, 1.54) is 6.07 Å². The molecule has 0 unspecified atom stereocenters. The summed E-state index contributed by atoms with van der Waals surface area (Å²) in [5.41, 5.74) is 0. The molecule has 2 aliphatic heterocycles. The summed E-state index contributed by atoms with van der Waals surface area (Å²) >= 11 is 0. The van der Waals surface area contributed by atoms with Gasteiger partial charge in [-0.25, -0.2) is 4.98 Å². The van der Waals surface area contributed by atoms with Crippen LogP contribution in [0.15, 0.2) is 23.2 Å². The highest BCUT2D eigenvalue weighted by Crippen LogP contribution is 2.23. The number of hydrogen-bond donors (Lipinski definition) is 0. The fraction of sp³-hybridized carbons (Fsp3) is 0.667. The fourth-order valence-electron chi connectivity index (χ4n) is 3.39. The number of halogens is 1. The average Bonchev–Trinajstić information content (AvgIpc) is 2.55. The lowest BCUT2D eigenvalue weighted by molar-refractivity contribution is 0.0279. The Balaban J connectivity index is 1.66. The molecule has 0 aromatic carbocycles. The zero-order valence-corrected chi connectivity index (χ0v) is 14.0. The summed E-state index contributed by atoms with van der Waals surface area (Å²) in [5.74, 6) is 0.691. The van der Waals surface area contributed by atoms with Crippen molar-refractivity contribution in [3.05, 3.63) is 18.3 Å². The fourth-order valence-corrected chi connectivity index (χ4v) is 3.80. The summed E-state index contributed by atoms with van der Waals surface area (Å²) in [5, 5.41) is 0. The van der Waals surface area contributed by atoms with E-state index < -0.39 is 15.1 Å². The van der Waals surface area contributed by atoms with Gasteiger partial charge in [0.2, 0.25) is 0 Å². The van der Waals surface area contributed by atoms with Crippen LogP contribution in [0.3, 0.4) is 0 Å². The second kappa shape index (κ2) is 6.70. The molecule has 3 rings (SSSR count). The van der Waals surface area contributed by atoms with Crippen molar-refractivity contribution in [1.82, 2.24) is 9.88 Å². The van der Waals surface area contributed by atoms with E-state index in [1.807, 2.05) is 0 Å². The number of ether oxygens (including phenoxy) is 1. The van der Waals surface area contributed by atoms with Crippen LogP contribution in [0.25, 0.3) is 0 Å². The van der Waals surface area contributed by atoms with Gasteiger partial charge >= 0.3 is 10.2 Å². The molecule has 0 amide bonds. The van der Waals surface area contributed by atoms with E-state index in [0.29, 0.717) is 11.9 Å². The third-order valence-corrected chi connectivity index (χ3v) is 5.47. The Labute approximate surface area is 136 Å². The molecular weight excluding hydrogens is 321 g/mol. The van der Waals surface area contributed by atoms with Crippen molar-refractivity contribution < 1.29 is 17.0 Å². The van der Waals surface area contributed by atoms with Crippen LogP contribution in [0.4, 0.5) is 9.70 Å². The van der Waals surface area contributed by atoms with E-state index in [4.69, 9.17) is 4.74 Å². The van der Waals surface area contributed by atoms with Gasteiger partial charge in [0.15, 0.2) is 0 Å². The van der Waals surface area contributed by atoms with Crippen LogP contribution in [-0.2, 0) is 15.0 Å². The van der Waals surface area contributed by atoms with Crippen LogP contribution < -0.4 is 4.90 Å². The Morgan fingerprint density at radius 1 is 1.26 bits per heavy atom. The highest BCUT2D eigenvalue weighted by Gasteiger charge is 2.30. The molecule has 3 heterocycles. The Kier molecular flexibility index (Phi) is 4.84. The zero-order valence-electron chi connectivity index (χ0n) is 13.2. The van der Waals surface area contributed by atoms with Gasteiger partial charge in [0.1, 0.15) is 10.7 Å². The number of pyridine rings is 1. The van der Waals surface area contributed by atoms with Gasteiger partial charge in [0, 0.05) is 44.9 Å². The number of piperazine rings is 1. The molecule has 1 aromatic heterocycles. The van der Waals surface area contributed by atoms with Crippen molar-refractivity contribution in [3.63, 3.8) is 0 Å². The monoisotopic (exact) mass is 343 g/mol. The first-order valence-corrected chi connectivity index (χ1v) is 9.32. The molecule has 0 saturated carbocycles. The predicted octanol–water partition coefficient (Wildman–Crippen LogP) is 1.43. The van der Waals surface area contributed by atoms with Crippen molar-refractivity contribution in [2.75, 3.05) is 37.7 Å². The average molecular weight is 343 g/mol. The maximum atomic E-state index is 12.9. The van der Waals surface area contributed by atoms with Crippen LogP contribution >= 0.6 is 0 Å². The van der Waals surface area contributed by atoms with Crippen molar-refractivity contribution in [1.29, 1.82) is 0 Å². The van der Waals surface area contributed by atoms with Crippen LogP contribution in [0, 0.1) is 0 Å². The van der Waals surface area contributed by atoms with E-state index in [1.54, 1.807) is 6.07 Å². The first-order chi connectivity index (χ1) is 10.9. The lowest BCUT2D eigenvalue weighted by Gasteiger charge is -2.44. The molecule has 0 radical (unpaired) electrons. The van der Waals surface area contributed by atoms with Crippen molar-refractivity contribution in [3.8, 4) is 0 Å². The number of hydrogen-bond acceptors (Lipinski definition) is 6. The van der Waals surface area contributed by atoms with Gasteiger partial charge in [-0.15, -0.1) is 3.89 Å². The topological polar surface area (TPSA) is 62.7 Å². The molecule has 2 aliphatic rings. The molecule has 0 bridgehead atoms. The molecule has 6 nitrogen and oxygen atoms in total. The highest BCUT2D eigenvalue weighted by atomic mass is 32.3. The number of anilines is 1. The quantitative estimate of drug-likeness (QED) is 0.774.